The number of non-ortho nitro benzene ring substituents is 1. The number of sulfone groups is 1. The zero-order valence-corrected chi connectivity index (χ0v) is 12.2. The average molecular weight is 307 g/mol. The van der Waals surface area contributed by atoms with Crippen molar-refractivity contribution in [2.24, 2.45) is 0 Å². The second-order valence-electron chi connectivity index (χ2n) is 4.41. The molecule has 106 valence electrons. The maximum absolute atomic E-state index is 11.1. The summed E-state index contributed by atoms with van der Waals surface area (Å²) in [4.78, 5) is 10.0. The fourth-order valence-electron chi connectivity index (χ4n) is 1.59. The van der Waals surface area contributed by atoms with Crippen molar-refractivity contribution < 1.29 is 13.3 Å². The molecule has 0 heterocycles. The first-order chi connectivity index (χ1) is 8.69. The van der Waals surface area contributed by atoms with Crippen LogP contribution in [0.2, 0.25) is 5.02 Å². The summed E-state index contributed by atoms with van der Waals surface area (Å²) in [5.74, 6) is 0.0254. The molecule has 0 saturated carbocycles. The van der Waals surface area contributed by atoms with Crippen LogP contribution < -0.4 is 5.32 Å². The van der Waals surface area contributed by atoms with E-state index in [-0.39, 0.29) is 22.5 Å². The van der Waals surface area contributed by atoms with Crippen molar-refractivity contribution in [2.45, 2.75) is 19.5 Å². The van der Waals surface area contributed by atoms with Crippen LogP contribution in [0, 0.1) is 10.1 Å². The summed E-state index contributed by atoms with van der Waals surface area (Å²) in [5.41, 5.74) is 0.616. The molecular weight excluding hydrogens is 292 g/mol. The third kappa shape index (κ3) is 5.54. The van der Waals surface area contributed by atoms with Gasteiger partial charge in [0.2, 0.25) is 0 Å². The highest BCUT2D eigenvalue weighted by atomic mass is 35.5. The summed E-state index contributed by atoms with van der Waals surface area (Å²) in [7, 11) is -3.04. The Morgan fingerprint density at radius 2 is 2.11 bits per heavy atom. The van der Waals surface area contributed by atoms with Gasteiger partial charge in [-0.05, 0) is 18.6 Å². The number of nitrogens with zero attached hydrogens (tertiary/aromatic N) is 1. The van der Waals surface area contributed by atoms with Crippen molar-refractivity contribution in [2.75, 3.05) is 12.0 Å². The van der Waals surface area contributed by atoms with E-state index in [1.807, 2.05) is 0 Å². The third-order valence-corrected chi connectivity index (χ3v) is 3.90. The molecule has 0 aliphatic heterocycles. The van der Waals surface area contributed by atoms with Crippen LogP contribution in [-0.4, -0.2) is 31.4 Å². The van der Waals surface area contributed by atoms with Gasteiger partial charge in [0.15, 0.2) is 0 Å². The van der Waals surface area contributed by atoms with Crippen LogP contribution in [0.1, 0.15) is 12.5 Å². The van der Waals surface area contributed by atoms with Crippen LogP contribution in [0.5, 0.6) is 0 Å². The Balaban J connectivity index is 2.66. The van der Waals surface area contributed by atoms with Crippen molar-refractivity contribution in [3.63, 3.8) is 0 Å². The predicted octanol–water partition coefficient (Wildman–Crippen LogP) is 1.77. The van der Waals surface area contributed by atoms with E-state index in [4.69, 9.17) is 11.6 Å². The molecule has 19 heavy (non-hydrogen) atoms. The van der Waals surface area contributed by atoms with E-state index in [2.05, 4.69) is 5.32 Å². The topological polar surface area (TPSA) is 89.3 Å². The summed E-state index contributed by atoms with van der Waals surface area (Å²) >= 11 is 5.93. The number of hydrogen-bond donors (Lipinski definition) is 1. The Hall–Kier alpha value is -1.18. The number of halogens is 1. The molecular formula is C11H15ClN2O4S. The second-order valence-corrected chi connectivity index (χ2v) is 7.00. The molecule has 1 aromatic carbocycles. The Bertz CT molecular complexity index is 574. The van der Waals surface area contributed by atoms with Crippen LogP contribution in [0.25, 0.3) is 0 Å². The van der Waals surface area contributed by atoms with E-state index in [9.17, 15) is 18.5 Å². The van der Waals surface area contributed by atoms with Gasteiger partial charge >= 0.3 is 0 Å². The molecule has 1 N–H and O–H groups in total. The lowest BCUT2D eigenvalue weighted by Crippen LogP contribution is -2.32. The molecule has 0 radical (unpaired) electrons. The van der Waals surface area contributed by atoms with Gasteiger partial charge < -0.3 is 5.32 Å². The summed E-state index contributed by atoms with van der Waals surface area (Å²) in [6.45, 7) is 2.11. The van der Waals surface area contributed by atoms with Gasteiger partial charge in [-0.15, -0.1) is 0 Å². The minimum atomic E-state index is -3.04. The molecule has 0 aliphatic carbocycles. The minimum absolute atomic E-state index is 0.0254. The number of rotatable bonds is 6. The molecule has 0 fully saturated rings. The Kier molecular flexibility index (Phi) is 5.28. The van der Waals surface area contributed by atoms with Crippen LogP contribution in [0.4, 0.5) is 5.69 Å². The Morgan fingerprint density at radius 3 is 2.58 bits per heavy atom. The minimum Gasteiger partial charge on any atom is -0.309 e. The highest BCUT2D eigenvalue weighted by Gasteiger charge is 2.12. The first kappa shape index (κ1) is 15.9. The molecule has 1 aromatic rings. The summed E-state index contributed by atoms with van der Waals surface area (Å²) < 4.78 is 22.2. The fraction of sp³-hybridized carbons (Fsp3) is 0.455. The highest BCUT2D eigenvalue weighted by molar-refractivity contribution is 7.90. The van der Waals surface area contributed by atoms with Gasteiger partial charge in [-0.2, -0.15) is 0 Å². The lowest BCUT2D eigenvalue weighted by molar-refractivity contribution is -0.384. The highest BCUT2D eigenvalue weighted by Crippen LogP contribution is 2.22. The molecule has 8 heteroatoms. The third-order valence-electron chi connectivity index (χ3n) is 2.44. The van der Waals surface area contributed by atoms with Gasteiger partial charge in [-0.25, -0.2) is 8.42 Å². The largest absolute Gasteiger partial charge is 0.309 e. The first-order valence-corrected chi connectivity index (χ1v) is 7.97. The van der Waals surface area contributed by atoms with E-state index in [0.717, 1.165) is 0 Å². The molecule has 0 aromatic heterocycles. The van der Waals surface area contributed by atoms with Crippen molar-refractivity contribution in [3.05, 3.63) is 38.9 Å². The molecule has 1 unspecified atom stereocenters. The van der Waals surface area contributed by atoms with E-state index in [1.165, 1.54) is 18.4 Å². The van der Waals surface area contributed by atoms with Crippen molar-refractivity contribution >= 4 is 27.1 Å². The molecule has 0 saturated heterocycles. The van der Waals surface area contributed by atoms with Crippen molar-refractivity contribution in [1.82, 2.24) is 5.32 Å². The molecule has 0 spiro atoms. The van der Waals surface area contributed by atoms with Gasteiger partial charge in [-0.3, -0.25) is 10.1 Å². The number of hydrogen-bond acceptors (Lipinski definition) is 5. The molecule has 0 aliphatic rings. The number of nitrogens with one attached hydrogen (secondary N) is 1. The maximum Gasteiger partial charge on any atom is 0.270 e. The van der Waals surface area contributed by atoms with E-state index in [0.29, 0.717) is 12.1 Å². The van der Waals surface area contributed by atoms with E-state index >= 15 is 0 Å². The van der Waals surface area contributed by atoms with Gasteiger partial charge in [0.1, 0.15) is 9.84 Å². The Morgan fingerprint density at radius 1 is 1.47 bits per heavy atom. The fourth-order valence-corrected chi connectivity index (χ4v) is 2.86. The van der Waals surface area contributed by atoms with Gasteiger partial charge in [0, 0.05) is 31.0 Å². The summed E-state index contributed by atoms with van der Waals surface area (Å²) in [6.07, 6.45) is 1.17. The Labute approximate surface area is 116 Å². The number of benzene rings is 1. The van der Waals surface area contributed by atoms with Crippen LogP contribution >= 0.6 is 11.6 Å². The van der Waals surface area contributed by atoms with E-state index in [1.54, 1.807) is 13.0 Å². The summed E-state index contributed by atoms with van der Waals surface area (Å²) in [6, 6.07) is 3.98. The van der Waals surface area contributed by atoms with Crippen LogP contribution in [-0.2, 0) is 16.4 Å². The van der Waals surface area contributed by atoms with Gasteiger partial charge in [0.25, 0.3) is 5.69 Å². The smallest absolute Gasteiger partial charge is 0.270 e. The van der Waals surface area contributed by atoms with Gasteiger partial charge in [0.05, 0.1) is 15.7 Å². The second kappa shape index (κ2) is 6.31. The average Bonchev–Trinajstić information content (AvgIpc) is 2.24. The van der Waals surface area contributed by atoms with Crippen molar-refractivity contribution in [1.29, 1.82) is 0 Å². The molecule has 6 nitrogen and oxygen atoms in total. The lowest BCUT2D eigenvalue weighted by Gasteiger charge is -2.13. The normalized spacial score (nSPS) is 13.2. The lowest BCUT2D eigenvalue weighted by atomic mass is 10.2. The standard InChI is InChI=1S/C11H15ClN2O4S/c1-8(7-19(2,17)18)13-6-9-3-4-10(14(15)16)5-11(9)12/h3-5,8,13H,6-7H2,1-2H3. The molecule has 0 bridgehead atoms. The van der Waals surface area contributed by atoms with Crippen LogP contribution in [0.15, 0.2) is 18.2 Å². The summed E-state index contributed by atoms with van der Waals surface area (Å²) in [5, 5.41) is 13.8. The first-order valence-electron chi connectivity index (χ1n) is 5.53. The number of nitro benzene ring substituents is 1. The van der Waals surface area contributed by atoms with Gasteiger partial charge in [-0.1, -0.05) is 11.6 Å². The quantitative estimate of drug-likeness (QED) is 0.639. The van der Waals surface area contributed by atoms with Crippen molar-refractivity contribution in [3.8, 4) is 0 Å². The zero-order chi connectivity index (χ0) is 14.6. The van der Waals surface area contributed by atoms with E-state index < -0.39 is 14.8 Å². The van der Waals surface area contributed by atoms with Crippen LogP contribution in [0.3, 0.4) is 0 Å². The number of nitro groups is 1. The zero-order valence-electron chi connectivity index (χ0n) is 10.6. The SMILES string of the molecule is CC(CS(C)(=O)=O)NCc1ccc([N+](=O)[O-])cc1Cl. The monoisotopic (exact) mass is 306 g/mol. The predicted molar refractivity (Wildman–Crippen MR) is 74.1 cm³/mol. The maximum atomic E-state index is 11.1. The molecule has 1 rings (SSSR count). The molecule has 0 amide bonds. The molecule has 1 atom stereocenters.